The first-order chi connectivity index (χ1) is 14.0. The number of hydrogen-bond acceptors (Lipinski definition) is 7. The SMILES string of the molecule is CCOC(=O)c1sc(/N=C/c2c(O)ccc3ccccc23)c(C(=O)OCC)c1C. The number of nitrogens with zero attached hydrogens (tertiary/aromatic N) is 1. The average molecular weight is 411 g/mol. The van der Waals surface area contributed by atoms with Crippen LogP contribution in [0.15, 0.2) is 41.4 Å². The Morgan fingerprint density at radius 2 is 1.76 bits per heavy atom. The second kappa shape index (κ2) is 8.87. The summed E-state index contributed by atoms with van der Waals surface area (Å²) in [4.78, 5) is 29.5. The fourth-order valence-corrected chi connectivity index (χ4v) is 4.00. The van der Waals surface area contributed by atoms with Crippen molar-refractivity contribution in [3.63, 3.8) is 0 Å². The van der Waals surface area contributed by atoms with Crippen molar-refractivity contribution < 1.29 is 24.2 Å². The lowest BCUT2D eigenvalue weighted by molar-refractivity contribution is 0.0527. The minimum atomic E-state index is -0.550. The number of phenolic OH excluding ortho intramolecular Hbond substituents is 1. The Bertz CT molecular complexity index is 1100. The monoisotopic (exact) mass is 411 g/mol. The second-order valence-electron chi connectivity index (χ2n) is 6.15. The van der Waals surface area contributed by atoms with Crippen LogP contribution in [0.2, 0.25) is 0 Å². The summed E-state index contributed by atoms with van der Waals surface area (Å²) in [5.41, 5.74) is 1.23. The van der Waals surface area contributed by atoms with E-state index in [2.05, 4.69) is 4.99 Å². The van der Waals surface area contributed by atoms with Crippen molar-refractivity contribution in [2.75, 3.05) is 13.2 Å². The van der Waals surface area contributed by atoms with E-state index < -0.39 is 11.9 Å². The van der Waals surface area contributed by atoms with Gasteiger partial charge in [-0.2, -0.15) is 0 Å². The number of carbonyl (C=O) groups is 2. The Hall–Kier alpha value is -3.19. The predicted molar refractivity (Wildman–Crippen MR) is 114 cm³/mol. The van der Waals surface area contributed by atoms with Gasteiger partial charge in [0.1, 0.15) is 21.2 Å². The Morgan fingerprint density at radius 3 is 2.48 bits per heavy atom. The van der Waals surface area contributed by atoms with Crippen molar-refractivity contribution in [2.45, 2.75) is 20.8 Å². The molecule has 0 saturated carbocycles. The van der Waals surface area contributed by atoms with Crippen LogP contribution in [0.5, 0.6) is 5.75 Å². The number of ether oxygens (including phenoxy) is 2. The second-order valence-corrected chi connectivity index (χ2v) is 7.15. The number of esters is 2. The van der Waals surface area contributed by atoms with E-state index in [0.29, 0.717) is 21.0 Å². The molecular formula is C22H21NO5S. The van der Waals surface area contributed by atoms with Crippen molar-refractivity contribution in [3.8, 4) is 5.75 Å². The van der Waals surface area contributed by atoms with Gasteiger partial charge in [-0.25, -0.2) is 14.6 Å². The summed E-state index contributed by atoms with van der Waals surface area (Å²) in [6.45, 7) is 5.53. The van der Waals surface area contributed by atoms with Crippen LogP contribution in [0.25, 0.3) is 10.8 Å². The first kappa shape index (κ1) is 20.5. The number of carbonyl (C=O) groups excluding carboxylic acids is 2. The maximum atomic E-state index is 12.5. The average Bonchev–Trinajstić information content (AvgIpc) is 3.04. The molecule has 1 heterocycles. The van der Waals surface area contributed by atoms with Gasteiger partial charge in [-0.1, -0.05) is 30.3 Å². The van der Waals surface area contributed by atoms with Crippen LogP contribution in [0.1, 0.15) is 45.0 Å². The van der Waals surface area contributed by atoms with Crippen molar-refractivity contribution in [2.24, 2.45) is 4.99 Å². The molecule has 0 bridgehead atoms. The number of aliphatic imine (C=N–C) groups is 1. The highest BCUT2D eigenvalue weighted by molar-refractivity contribution is 7.18. The highest BCUT2D eigenvalue weighted by Crippen LogP contribution is 2.37. The zero-order valence-electron chi connectivity index (χ0n) is 16.4. The van der Waals surface area contributed by atoms with Gasteiger partial charge in [-0.05, 0) is 43.2 Å². The Labute approximate surface area is 172 Å². The van der Waals surface area contributed by atoms with Gasteiger partial charge in [0.25, 0.3) is 0 Å². The molecule has 6 nitrogen and oxygen atoms in total. The number of aromatic hydroxyl groups is 1. The van der Waals surface area contributed by atoms with Crippen LogP contribution in [-0.4, -0.2) is 36.5 Å². The molecule has 0 unspecified atom stereocenters. The van der Waals surface area contributed by atoms with Gasteiger partial charge in [0.2, 0.25) is 0 Å². The molecule has 0 aliphatic carbocycles. The summed E-state index contributed by atoms with van der Waals surface area (Å²) in [5, 5.41) is 12.4. The summed E-state index contributed by atoms with van der Waals surface area (Å²) >= 11 is 1.06. The van der Waals surface area contributed by atoms with E-state index in [9.17, 15) is 14.7 Å². The van der Waals surface area contributed by atoms with Crippen molar-refractivity contribution >= 4 is 45.3 Å². The molecule has 29 heavy (non-hydrogen) atoms. The fraction of sp³-hybridized carbons (Fsp3) is 0.227. The van der Waals surface area contributed by atoms with E-state index >= 15 is 0 Å². The molecule has 0 aliphatic heterocycles. The number of hydrogen-bond donors (Lipinski definition) is 1. The van der Waals surface area contributed by atoms with Gasteiger partial charge in [0.05, 0.1) is 13.2 Å². The number of rotatable bonds is 6. The third-order valence-corrected chi connectivity index (χ3v) is 5.51. The van der Waals surface area contributed by atoms with E-state index in [4.69, 9.17) is 9.47 Å². The Balaban J connectivity index is 2.11. The lowest BCUT2D eigenvalue weighted by Gasteiger charge is -2.05. The molecule has 0 spiro atoms. The highest BCUT2D eigenvalue weighted by Gasteiger charge is 2.26. The summed E-state index contributed by atoms with van der Waals surface area (Å²) in [6, 6.07) is 11.0. The zero-order chi connectivity index (χ0) is 21.0. The van der Waals surface area contributed by atoms with E-state index in [1.54, 1.807) is 26.8 Å². The number of phenols is 1. The molecule has 0 atom stereocenters. The number of benzene rings is 2. The van der Waals surface area contributed by atoms with Gasteiger partial charge >= 0.3 is 11.9 Å². The van der Waals surface area contributed by atoms with Crippen molar-refractivity contribution in [1.82, 2.24) is 0 Å². The maximum Gasteiger partial charge on any atom is 0.348 e. The normalized spacial score (nSPS) is 11.1. The molecule has 3 rings (SSSR count). The van der Waals surface area contributed by atoms with Crippen LogP contribution >= 0.6 is 11.3 Å². The smallest absolute Gasteiger partial charge is 0.348 e. The van der Waals surface area contributed by atoms with E-state index in [-0.39, 0.29) is 24.5 Å². The molecule has 0 saturated heterocycles. The first-order valence-corrected chi connectivity index (χ1v) is 10.0. The highest BCUT2D eigenvalue weighted by atomic mass is 32.1. The van der Waals surface area contributed by atoms with Crippen LogP contribution in [0.3, 0.4) is 0 Å². The van der Waals surface area contributed by atoms with E-state index in [1.807, 2.05) is 30.3 Å². The largest absolute Gasteiger partial charge is 0.507 e. The van der Waals surface area contributed by atoms with Crippen LogP contribution in [0.4, 0.5) is 5.00 Å². The molecule has 0 amide bonds. The molecule has 0 aliphatic rings. The van der Waals surface area contributed by atoms with Crippen molar-refractivity contribution in [3.05, 3.63) is 58.0 Å². The van der Waals surface area contributed by atoms with E-state index in [0.717, 1.165) is 22.1 Å². The molecule has 7 heteroatoms. The number of fused-ring (bicyclic) bond motifs is 1. The lowest BCUT2D eigenvalue weighted by Crippen LogP contribution is -2.08. The fourth-order valence-electron chi connectivity index (χ4n) is 2.97. The Kier molecular flexibility index (Phi) is 6.29. The molecule has 3 aromatic rings. The van der Waals surface area contributed by atoms with Gasteiger partial charge in [0.15, 0.2) is 0 Å². The molecule has 1 N–H and O–H groups in total. The number of thiophene rings is 1. The Morgan fingerprint density at radius 1 is 1.07 bits per heavy atom. The van der Waals surface area contributed by atoms with Gasteiger partial charge in [-0.3, -0.25) is 0 Å². The third kappa shape index (κ3) is 4.14. The molecule has 0 fully saturated rings. The maximum absolute atomic E-state index is 12.5. The summed E-state index contributed by atoms with van der Waals surface area (Å²) in [6.07, 6.45) is 1.50. The van der Waals surface area contributed by atoms with E-state index in [1.165, 1.54) is 6.21 Å². The quantitative estimate of drug-likeness (QED) is 0.455. The van der Waals surface area contributed by atoms with Gasteiger partial charge < -0.3 is 14.6 Å². The summed E-state index contributed by atoms with van der Waals surface area (Å²) < 4.78 is 10.2. The standard InChI is InChI=1S/C22H21NO5S/c1-4-27-21(25)18-13(3)19(22(26)28-5-2)29-20(18)23-12-16-15-9-7-6-8-14(15)10-11-17(16)24/h6-12,24H,4-5H2,1-3H3/b23-12+. The first-order valence-electron chi connectivity index (χ1n) is 9.20. The molecule has 150 valence electrons. The van der Waals surface area contributed by atoms with Crippen molar-refractivity contribution in [1.29, 1.82) is 0 Å². The topological polar surface area (TPSA) is 85.2 Å². The van der Waals surface area contributed by atoms with Gasteiger partial charge in [-0.15, -0.1) is 11.3 Å². The van der Waals surface area contributed by atoms with Crippen LogP contribution in [-0.2, 0) is 9.47 Å². The third-order valence-electron chi connectivity index (χ3n) is 4.33. The minimum Gasteiger partial charge on any atom is -0.507 e. The van der Waals surface area contributed by atoms with Gasteiger partial charge in [0, 0.05) is 11.8 Å². The molecule has 2 aromatic carbocycles. The van der Waals surface area contributed by atoms with Crippen LogP contribution < -0.4 is 0 Å². The summed E-state index contributed by atoms with van der Waals surface area (Å²) in [7, 11) is 0. The molecule has 1 aromatic heterocycles. The minimum absolute atomic E-state index is 0.0732. The molecule has 0 radical (unpaired) electrons. The lowest BCUT2D eigenvalue weighted by atomic mass is 10.0. The molecular weight excluding hydrogens is 390 g/mol. The zero-order valence-corrected chi connectivity index (χ0v) is 17.2. The summed E-state index contributed by atoms with van der Waals surface area (Å²) in [5.74, 6) is -0.981. The predicted octanol–water partition coefficient (Wildman–Crippen LogP) is 5.02. The van der Waals surface area contributed by atoms with Crippen LogP contribution in [0, 0.1) is 6.92 Å².